The van der Waals surface area contributed by atoms with E-state index in [9.17, 15) is 4.79 Å². The molecule has 0 aliphatic heterocycles. The molecule has 0 radical (unpaired) electrons. The van der Waals surface area contributed by atoms with Crippen LogP contribution in [0.25, 0.3) is 0 Å². The summed E-state index contributed by atoms with van der Waals surface area (Å²) in [6.07, 6.45) is 0.320. The van der Waals surface area contributed by atoms with E-state index >= 15 is 0 Å². The van der Waals surface area contributed by atoms with Crippen molar-refractivity contribution in [1.29, 1.82) is 0 Å². The second kappa shape index (κ2) is 6.86. The van der Waals surface area contributed by atoms with Crippen molar-refractivity contribution in [3.63, 3.8) is 0 Å². The lowest BCUT2D eigenvalue weighted by Crippen LogP contribution is -2.34. The van der Waals surface area contributed by atoms with Crippen molar-refractivity contribution < 1.29 is 10.0 Å². The molecule has 0 bridgehead atoms. The zero-order valence-corrected chi connectivity index (χ0v) is 10.9. The second-order valence-corrected chi connectivity index (χ2v) is 4.11. The van der Waals surface area contributed by atoms with Crippen LogP contribution in [0.1, 0.15) is 23.7 Å². The Morgan fingerprint density at radius 1 is 1.50 bits per heavy atom. The van der Waals surface area contributed by atoms with Crippen LogP contribution in [0, 0.1) is 0 Å². The number of nitrogens with two attached hydrogens (primary N) is 1. The molecule has 0 spiro atoms. The molecule has 0 saturated heterocycles. The van der Waals surface area contributed by atoms with Crippen LogP contribution in [0.3, 0.4) is 0 Å². The molecule has 0 heterocycles. The van der Waals surface area contributed by atoms with Crippen LogP contribution in [-0.4, -0.2) is 34.9 Å². The van der Waals surface area contributed by atoms with E-state index in [1.807, 2.05) is 6.92 Å². The molecule has 0 aromatic heterocycles. The van der Waals surface area contributed by atoms with Gasteiger partial charge in [0.05, 0.1) is 10.6 Å². The topological polar surface area (TPSA) is 78.9 Å². The zero-order chi connectivity index (χ0) is 13.5. The van der Waals surface area contributed by atoms with Crippen molar-refractivity contribution in [3.8, 4) is 0 Å². The van der Waals surface area contributed by atoms with Gasteiger partial charge in [0.25, 0.3) is 5.91 Å². The van der Waals surface area contributed by atoms with Crippen LogP contribution in [0.2, 0.25) is 5.02 Å². The molecule has 6 heteroatoms. The van der Waals surface area contributed by atoms with E-state index in [0.29, 0.717) is 30.1 Å². The molecule has 1 amide bonds. The number of carbonyl (C=O) groups excluding carboxylic acids is 1. The van der Waals surface area contributed by atoms with Gasteiger partial charge in [-0.15, -0.1) is 0 Å². The molecule has 0 unspecified atom stereocenters. The third kappa shape index (κ3) is 3.63. The van der Waals surface area contributed by atoms with E-state index in [1.54, 1.807) is 29.2 Å². The summed E-state index contributed by atoms with van der Waals surface area (Å²) in [6.45, 7) is 2.78. The zero-order valence-electron chi connectivity index (χ0n) is 10.1. The highest BCUT2D eigenvalue weighted by atomic mass is 35.5. The third-order valence-electron chi connectivity index (χ3n) is 2.54. The summed E-state index contributed by atoms with van der Waals surface area (Å²) in [5.74, 6) is -0.0609. The van der Waals surface area contributed by atoms with E-state index in [-0.39, 0.29) is 11.7 Å². The maximum atomic E-state index is 12.2. The predicted octanol–water partition coefficient (Wildman–Crippen LogP) is 1.94. The van der Waals surface area contributed by atoms with Crippen LogP contribution in [-0.2, 0) is 0 Å². The number of amides is 1. The molecule has 0 atom stereocenters. The molecule has 1 aromatic carbocycles. The summed E-state index contributed by atoms with van der Waals surface area (Å²) in [6, 6.07) is 6.88. The van der Waals surface area contributed by atoms with Crippen LogP contribution in [0.5, 0.6) is 0 Å². The average Bonchev–Trinajstić information content (AvgIpc) is 2.39. The lowest BCUT2D eigenvalue weighted by atomic mass is 10.2. The number of oxime groups is 1. The van der Waals surface area contributed by atoms with Gasteiger partial charge in [0.1, 0.15) is 5.84 Å². The number of benzene rings is 1. The lowest BCUT2D eigenvalue weighted by molar-refractivity contribution is 0.0768. The molecule has 1 rings (SSSR count). The van der Waals surface area contributed by atoms with Crippen molar-refractivity contribution in [1.82, 2.24) is 4.90 Å². The molecule has 98 valence electrons. The highest BCUT2D eigenvalue weighted by molar-refractivity contribution is 6.33. The number of hydrogen-bond acceptors (Lipinski definition) is 3. The maximum absolute atomic E-state index is 12.2. The highest BCUT2D eigenvalue weighted by Crippen LogP contribution is 2.17. The Morgan fingerprint density at radius 2 is 2.17 bits per heavy atom. The molecule has 0 fully saturated rings. The molecule has 3 N–H and O–H groups in total. The SMILES string of the molecule is CCN(CCC(N)=NO)C(=O)c1ccccc1Cl. The Morgan fingerprint density at radius 3 is 2.72 bits per heavy atom. The summed E-state index contributed by atoms with van der Waals surface area (Å²) < 4.78 is 0. The minimum absolute atomic E-state index is 0.0976. The Bertz CT molecular complexity index is 449. The van der Waals surface area contributed by atoms with E-state index in [4.69, 9.17) is 22.5 Å². The molecule has 0 aliphatic carbocycles. The van der Waals surface area contributed by atoms with Gasteiger partial charge in [-0.1, -0.05) is 28.9 Å². The Labute approximate surface area is 111 Å². The number of rotatable bonds is 5. The predicted molar refractivity (Wildman–Crippen MR) is 71.1 cm³/mol. The van der Waals surface area contributed by atoms with Gasteiger partial charge in [0, 0.05) is 19.5 Å². The number of nitrogens with zero attached hydrogens (tertiary/aromatic N) is 2. The highest BCUT2D eigenvalue weighted by Gasteiger charge is 2.16. The largest absolute Gasteiger partial charge is 0.409 e. The van der Waals surface area contributed by atoms with Gasteiger partial charge >= 0.3 is 0 Å². The Kier molecular flexibility index (Phi) is 5.45. The van der Waals surface area contributed by atoms with Crippen molar-refractivity contribution in [2.45, 2.75) is 13.3 Å². The van der Waals surface area contributed by atoms with Crippen molar-refractivity contribution in [3.05, 3.63) is 34.9 Å². The normalized spacial score (nSPS) is 11.3. The molecule has 18 heavy (non-hydrogen) atoms. The van der Waals surface area contributed by atoms with Gasteiger partial charge in [-0.3, -0.25) is 4.79 Å². The number of amidine groups is 1. The van der Waals surface area contributed by atoms with Crippen molar-refractivity contribution >= 4 is 23.3 Å². The lowest BCUT2D eigenvalue weighted by Gasteiger charge is -2.21. The Hall–Kier alpha value is -1.75. The molecule has 5 nitrogen and oxygen atoms in total. The standard InChI is InChI=1S/C12H16ClN3O2/c1-2-16(8-7-11(14)15-18)12(17)9-5-3-4-6-10(9)13/h3-6,18H,2,7-8H2,1H3,(H2,14,15). The van der Waals surface area contributed by atoms with Gasteiger partial charge in [0.15, 0.2) is 0 Å². The number of carbonyl (C=O) groups is 1. The first-order valence-electron chi connectivity index (χ1n) is 5.60. The first-order valence-corrected chi connectivity index (χ1v) is 5.98. The minimum Gasteiger partial charge on any atom is -0.409 e. The summed E-state index contributed by atoms with van der Waals surface area (Å²) in [5.41, 5.74) is 5.84. The molecular formula is C12H16ClN3O2. The Balaban J connectivity index is 2.77. The minimum atomic E-state index is -0.158. The maximum Gasteiger partial charge on any atom is 0.255 e. The smallest absolute Gasteiger partial charge is 0.255 e. The van der Waals surface area contributed by atoms with Gasteiger partial charge in [-0.05, 0) is 19.1 Å². The number of hydrogen-bond donors (Lipinski definition) is 2. The van der Waals surface area contributed by atoms with E-state index in [2.05, 4.69) is 5.16 Å². The molecule has 0 aliphatic rings. The monoisotopic (exact) mass is 269 g/mol. The molecular weight excluding hydrogens is 254 g/mol. The van der Waals surface area contributed by atoms with Crippen LogP contribution in [0.4, 0.5) is 0 Å². The van der Waals surface area contributed by atoms with Gasteiger partial charge in [-0.25, -0.2) is 0 Å². The summed E-state index contributed by atoms with van der Waals surface area (Å²) in [7, 11) is 0. The number of halogens is 1. The van der Waals surface area contributed by atoms with E-state index in [1.165, 1.54) is 0 Å². The fraction of sp³-hybridized carbons (Fsp3) is 0.333. The van der Waals surface area contributed by atoms with E-state index in [0.717, 1.165) is 0 Å². The summed E-state index contributed by atoms with van der Waals surface area (Å²) in [4.78, 5) is 13.8. The van der Waals surface area contributed by atoms with E-state index < -0.39 is 0 Å². The fourth-order valence-corrected chi connectivity index (χ4v) is 1.72. The van der Waals surface area contributed by atoms with Gasteiger partial charge < -0.3 is 15.8 Å². The van der Waals surface area contributed by atoms with Gasteiger partial charge in [0.2, 0.25) is 0 Å². The first-order chi connectivity index (χ1) is 8.60. The second-order valence-electron chi connectivity index (χ2n) is 3.71. The first kappa shape index (κ1) is 14.3. The van der Waals surface area contributed by atoms with Gasteiger partial charge in [-0.2, -0.15) is 0 Å². The van der Waals surface area contributed by atoms with Crippen LogP contribution in [0.15, 0.2) is 29.4 Å². The molecule has 0 saturated carbocycles. The average molecular weight is 270 g/mol. The van der Waals surface area contributed by atoms with Crippen molar-refractivity contribution in [2.24, 2.45) is 10.9 Å². The summed E-state index contributed by atoms with van der Waals surface area (Å²) >= 11 is 5.97. The van der Waals surface area contributed by atoms with Crippen molar-refractivity contribution in [2.75, 3.05) is 13.1 Å². The fourth-order valence-electron chi connectivity index (χ4n) is 1.51. The van der Waals surface area contributed by atoms with Crippen LogP contribution >= 0.6 is 11.6 Å². The van der Waals surface area contributed by atoms with Crippen LogP contribution < -0.4 is 5.73 Å². The molecule has 1 aromatic rings. The summed E-state index contributed by atoms with van der Waals surface area (Å²) in [5, 5.41) is 11.8. The third-order valence-corrected chi connectivity index (χ3v) is 2.87. The quantitative estimate of drug-likeness (QED) is 0.371.